The van der Waals surface area contributed by atoms with Crippen LogP contribution in [-0.2, 0) is 0 Å². The highest BCUT2D eigenvalue weighted by atomic mass is 35.5. The summed E-state index contributed by atoms with van der Waals surface area (Å²) in [4.78, 5) is 31.2. The first-order valence-electron chi connectivity index (χ1n) is 9.85. The van der Waals surface area contributed by atoms with E-state index in [2.05, 4.69) is 45.7 Å². The standard InChI is InChI=1S/C22H24ClN5O2S/c1-4-28(5-2)17-10-11-18(14(3)12-17)25-20(29)19-13-31-22(26-19)27-21(30)24-16-8-6-15(23)7-9-16/h6-13H,4-5H2,1-3H3,(H,25,29)(H2,24,26,27,30). The second-order valence-corrected chi connectivity index (χ2v) is 8.04. The number of hydrogen-bond donors (Lipinski definition) is 3. The number of amides is 3. The van der Waals surface area contributed by atoms with Gasteiger partial charge in [-0.1, -0.05) is 11.6 Å². The van der Waals surface area contributed by atoms with Gasteiger partial charge in [0.2, 0.25) is 0 Å². The van der Waals surface area contributed by atoms with E-state index in [0.29, 0.717) is 15.8 Å². The van der Waals surface area contributed by atoms with Crippen molar-refractivity contribution in [2.45, 2.75) is 20.8 Å². The van der Waals surface area contributed by atoms with E-state index in [1.165, 1.54) is 11.3 Å². The predicted octanol–water partition coefficient (Wildman–Crippen LogP) is 5.85. The Kier molecular flexibility index (Phi) is 7.49. The molecule has 0 saturated carbocycles. The number of carbonyl (C=O) groups excluding carboxylic acids is 2. The van der Waals surface area contributed by atoms with E-state index in [1.54, 1.807) is 29.6 Å². The highest BCUT2D eigenvalue weighted by Crippen LogP contribution is 2.24. The maximum Gasteiger partial charge on any atom is 0.325 e. The van der Waals surface area contributed by atoms with Crippen LogP contribution in [0.25, 0.3) is 0 Å². The molecule has 0 saturated heterocycles. The summed E-state index contributed by atoms with van der Waals surface area (Å²) in [6.45, 7) is 8.01. The number of benzene rings is 2. The molecule has 0 aliphatic carbocycles. The van der Waals surface area contributed by atoms with Crippen molar-refractivity contribution < 1.29 is 9.59 Å². The van der Waals surface area contributed by atoms with E-state index in [4.69, 9.17) is 11.6 Å². The molecular formula is C22H24ClN5O2S. The molecule has 0 spiro atoms. The van der Waals surface area contributed by atoms with Gasteiger partial charge in [-0.05, 0) is 68.8 Å². The minimum absolute atomic E-state index is 0.235. The number of urea groups is 1. The molecule has 9 heteroatoms. The van der Waals surface area contributed by atoms with Crippen molar-refractivity contribution >= 4 is 57.1 Å². The second kappa shape index (κ2) is 10.3. The Balaban J connectivity index is 1.61. The van der Waals surface area contributed by atoms with Crippen LogP contribution in [0.5, 0.6) is 0 Å². The van der Waals surface area contributed by atoms with E-state index >= 15 is 0 Å². The molecular weight excluding hydrogens is 434 g/mol. The zero-order chi connectivity index (χ0) is 22.4. The lowest BCUT2D eigenvalue weighted by atomic mass is 10.1. The lowest BCUT2D eigenvalue weighted by Gasteiger charge is -2.22. The third-order valence-electron chi connectivity index (χ3n) is 4.65. The van der Waals surface area contributed by atoms with Gasteiger partial charge in [-0.25, -0.2) is 9.78 Å². The Morgan fingerprint density at radius 2 is 1.74 bits per heavy atom. The number of aryl methyl sites for hydroxylation is 1. The summed E-state index contributed by atoms with van der Waals surface area (Å²) >= 11 is 7.01. The SMILES string of the molecule is CCN(CC)c1ccc(NC(=O)c2csc(NC(=O)Nc3ccc(Cl)cc3)n2)c(C)c1. The Morgan fingerprint density at radius 3 is 2.39 bits per heavy atom. The third kappa shape index (κ3) is 5.96. The van der Waals surface area contributed by atoms with Gasteiger partial charge in [0.15, 0.2) is 5.13 Å². The highest BCUT2D eigenvalue weighted by Gasteiger charge is 2.14. The van der Waals surface area contributed by atoms with E-state index < -0.39 is 6.03 Å². The molecule has 3 amide bonds. The normalized spacial score (nSPS) is 10.5. The van der Waals surface area contributed by atoms with Crippen molar-refractivity contribution in [2.75, 3.05) is 33.9 Å². The molecule has 0 fully saturated rings. The fourth-order valence-electron chi connectivity index (χ4n) is 2.99. The van der Waals surface area contributed by atoms with Crippen molar-refractivity contribution in [3.8, 4) is 0 Å². The number of nitrogens with zero attached hydrogens (tertiary/aromatic N) is 2. The number of anilines is 4. The molecule has 162 valence electrons. The lowest BCUT2D eigenvalue weighted by molar-refractivity contribution is 0.102. The van der Waals surface area contributed by atoms with Crippen LogP contribution in [0.15, 0.2) is 47.8 Å². The molecule has 3 aromatic rings. The molecule has 7 nitrogen and oxygen atoms in total. The quantitative estimate of drug-likeness (QED) is 0.415. The first-order chi connectivity index (χ1) is 14.9. The van der Waals surface area contributed by atoms with Crippen LogP contribution in [-0.4, -0.2) is 30.0 Å². The first kappa shape index (κ1) is 22.6. The summed E-state index contributed by atoms with van der Waals surface area (Å²) in [5, 5.41) is 10.7. The van der Waals surface area contributed by atoms with Crippen molar-refractivity contribution in [3.05, 3.63) is 64.1 Å². The number of hydrogen-bond acceptors (Lipinski definition) is 5. The van der Waals surface area contributed by atoms with Gasteiger partial charge in [0.1, 0.15) is 5.69 Å². The molecule has 0 aliphatic rings. The van der Waals surface area contributed by atoms with Crippen LogP contribution in [0.3, 0.4) is 0 Å². The Labute approximate surface area is 190 Å². The van der Waals surface area contributed by atoms with Crippen LogP contribution < -0.4 is 20.9 Å². The maximum atomic E-state index is 12.6. The van der Waals surface area contributed by atoms with Crippen LogP contribution in [0, 0.1) is 6.92 Å². The molecule has 31 heavy (non-hydrogen) atoms. The number of aromatic nitrogens is 1. The number of carbonyl (C=O) groups is 2. The fourth-order valence-corrected chi connectivity index (χ4v) is 3.80. The minimum atomic E-state index is -0.452. The molecule has 0 radical (unpaired) electrons. The number of thiazole rings is 1. The fraction of sp³-hybridized carbons (Fsp3) is 0.227. The zero-order valence-electron chi connectivity index (χ0n) is 17.5. The molecule has 0 bridgehead atoms. The molecule has 1 aromatic heterocycles. The Bertz CT molecular complexity index is 1060. The highest BCUT2D eigenvalue weighted by molar-refractivity contribution is 7.14. The van der Waals surface area contributed by atoms with Crippen LogP contribution >= 0.6 is 22.9 Å². The minimum Gasteiger partial charge on any atom is -0.372 e. The summed E-state index contributed by atoms with van der Waals surface area (Å²) in [5.41, 5.74) is 3.64. The van der Waals surface area contributed by atoms with Gasteiger partial charge in [-0.15, -0.1) is 11.3 Å². The lowest BCUT2D eigenvalue weighted by Crippen LogP contribution is -2.22. The van der Waals surface area contributed by atoms with Crippen LogP contribution in [0.4, 0.5) is 27.0 Å². The molecule has 2 aromatic carbocycles. The van der Waals surface area contributed by atoms with Gasteiger partial charge in [0, 0.05) is 40.6 Å². The van der Waals surface area contributed by atoms with Gasteiger partial charge in [-0.3, -0.25) is 10.1 Å². The van der Waals surface area contributed by atoms with E-state index in [1.807, 2.05) is 19.1 Å². The largest absolute Gasteiger partial charge is 0.372 e. The third-order valence-corrected chi connectivity index (χ3v) is 5.66. The summed E-state index contributed by atoms with van der Waals surface area (Å²) < 4.78 is 0. The number of nitrogens with one attached hydrogen (secondary N) is 3. The van der Waals surface area contributed by atoms with Gasteiger partial charge in [-0.2, -0.15) is 0 Å². The van der Waals surface area contributed by atoms with Gasteiger partial charge in [0.25, 0.3) is 5.91 Å². The Morgan fingerprint density at radius 1 is 1.03 bits per heavy atom. The summed E-state index contributed by atoms with van der Waals surface area (Å²) in [6.07, 6.45) is 0. The molecule has 0 aliphatic heterocycles. The van der Waals surface area contributed by atoms with E-state index in [-0.39, 0.29) is 11.6 Å². The molecule has 0 unspecified atom stereocenters. The second-order valence-electron chi connectivity index (χ2n) is 6.75. The molecule has 0 atom stereocenters. The topological polar surface area (TPSA) is 86.4 Å². The zero-order valence-corrected chi connectivity index (χ0v) is 19.1. The summed E-state index contributed by atoms with van der Waals surface area (Å²) in [6, 6.07) is 12.2. The Hall–Kier alpha value is -3.10. The predicted molar refractivity (Wildman–Crippen MR) is 129 cm³/mol. The van der Waals surface area contributed by atoms with Crippen molar-refractivity contribution in [1.82, 2.24) is 4.98 Å². The monoisotopic (exact) mass is 457 g/mol. The molecule has 3 rings (SSSR count). The molecule has 1 heterocycles. The van der Waals surface area contributed by atoms with Gasteiger partial charge in [0.05, 0.1) is 0 Å². The molecule has 3 N–H and O–H groups in total. The first-order valence-corrected chi connectivity index (χ1v) is 11.1. The van der Waals surface area contributed by atoms with E-state index in [9.17, 15) is 9.59 Å². The van der Waals surface area contributed by atoms with E-state index in [0.717, 1.165) is 30.0 Å². The number of rotatable bonds is 7. The average Bonchev–Trinajstić information content (AvgIpc) is 3.21. The van der Waals surface area contributed by atoms with Gasteiger partial charge < -0.3 is 15.5 Å². The average molecular weight is 458 g/mol. The summed E-state index contributed by atoms with van der Waals surface area (Å²) in [5.74, 6) is -0.332. The van der Waals surface area contributed by atoms with Crippen molar-refractivity contribution in [3.63, 3.8) is 0 Å². The van der Waals surface area contributed by atoms with Gasteiger partial charge >= 0.3 is 6.03 Å². The maximum absolute atomic E-state index is 12.6. The summed E-state index contributed by atoms with van der Waals surface area (Å²) in [7, 11) is 0. The van der Waals surface area contributed by atoms with Crippen LogP contribution in [0.2, 0.25) is 5.02 Å². The van der Waals surface area contributed by atoms with Crippen molar-refractivity contribution in [1.29, 1.82) is 0 Å². The van der Waals surface area contributed by atoms with Crippen molar-refractivity contribution in [2.24, 2.45) is 0 Å². The number of halogens is 1. The smallest absolute Gasteiger partial charge is 0.325 e. The van der Waals surface area contributed by atoms with Crippen LogP contribution in [0.1, 0.15) is 29.9 Å².